The molecule has 2 aromatic rings. The molecule has 2 aromatic carbocycles. The third-order valence-corrected chi connectivity index (χ3v) is 3.33. The highest BCUT2D eigenvalue weighted by molar-refractivity contribution is 5.95. The van der Waals surface area contributed by atoms with Crippen molar-refractivity contribution in [2.75, 3.05) is 13.2 Å². The minimum Gasteiger partial charge on any atom is -0.493 e. The van der Waals surface area contributed by atoms with E-state index in [0.717, 1.165) is 24.2 Å². The molecule has 5 nitrogen and oxygen atoms in total. The summed E-state index contributed by atoms with van der Waals surface area (Å²) in [7, 11) is 0. The molecule has 132 valence electrons. The molecule has 0 heterocycles. The smallest absolute Gasteiger partial charge is 0.271 e. The first kappa shape index (κ1) is 18.5. The monoisotopic (exact) mass is 340 g/mol. The lowest BCUT2D eigenvalue weighted by atomic mass is 10.2. The lowest BCUT2D eigenvalue weighted by Gasteiger charge is -2.11. The van der Waals surface area contributed by atoms with E-state index in [9.17, 15) is 4.79 Å². The largest absolute Gasteiger partial charge is 0.493 e. The molecule has 0 fully saturated rings. The van der Waals surface area contributed by atoms with Gasteiger partial charge in [0.1, 0.15) is 11.5 Å². The second-order valence-corrected chi connectivity index (χ2v) is 5.46. The third kappa shape index (κ3) is 5.95. The molecule has 0 aliphatic carbocycles. The fraction of sp³-hybridized carbons (Fsp3) is 0.300. The van der Waals surface area contributed by atoms with Crippen molar-refractivity contribution in [3.63, 3.8) is 0 Å². The van der Waals surface area contributed by atoms with E-state index in [0.29, 0.717) is 24.5 Å². The predicted molar refractivity (Wildman–Crippen MR) is 99.5 cm³/mol. The van der Waals surface area contributed by atoms with Crippen LogP contribution in [0, 0.1) is 0 Å². The van der Waals surface area contributed by atoms with Crippen molar-refractivity contribution in [2.24, 2.45) is 5.10 Å². The van der Waals surface area contributed by atoms with Crippen LogP contribution in [0.4, 0.5) is 0 Å². The summed E-state index contributed by atoms with van der Waals surface area (Å²) >= 11 is 0. The van der Waals surface area contributed by atoms with Gasteiger partial charge in [0, 0.05) is 17.2 Å². The van der Waals surface area contributed by atoms with E-state index in [1.54, 1.807) is 18.3 Å². The average Bonchev–Trinajstić information content (AvgIpc) is 2.66. The molecule has 2 rings (SSSR count). The van der Waals surface area contributed by atoms with E-state index in [-0.39, 0.29) is 5.91 Å². The summed E-state index contributed by atoms with van der Waals surface area (Å²) in [5.41, 5.74) is 3.87. The molecular weight excluding hydrogens is 316 g/mol. The van der Waals surface area contributed by atoms with Gasteiger partial charge in [-0.3, -0.25) is 4.79 Å². The Bertz CT molecular complexity index is 699. The van der Waals surface area contributed by atoms with Crippen molar-refractivity contribution in [2.45, 2.75) is 26.7 Å². The number of nitrogens with one attached hydrogen (secondary N) is 1. The molecule has 0 aliphatic rings. The average molecular weight is 340 g/mol. The van der Waals surface area contributed by atoms with Gasteiger partial charge < -0.3 is 9.47 Å². The van der Waals surface area contributed by atoms with Crippen LogP contribution in [0.25, 0.3) is 0 Å². The van der Waals surface area contributed by atoms with Crippen molar-refractivity contribution in [1.29, 1.82) is 0 Å². The number of hydrazone groups is 1. The number of ether oxygens (including phenoxy) is 2. The van der Waals surface area contributed by atoms with Crippen LogP contribution < -0.4 is 14.9 Å². The van der Waals surface area contributed by atoms with Gasteiger partial charge in [0.05, 0.1) is 19.4 Å². The van der Waals surface area contributed by atoms with Gasteiger partial charge in [-0.2, -0.15) is 5.10 Å². The maximum atomic E-state index is 12.0. The molecule has 0 saturated heterocycles. The van der Waals surface area contributed by atoms with Crippen molar-refractivity contribution in [1.82, 2.24) is 5.43 Å². The van der Waals surface area contributed by atoms with Crippen molar-refractivity contribution < 1.29 is 14.3 Å². The number of amides is 1. The Morgan fingerprint density at radius 1 is 1.04 bits per heavy atom. The van der Waals surface area contributed by atoms with E-state index in [2.05, 4.69) is 17.5 Å². The van der Waals surface area contributed by atoms with Crippen LogP contribution in [0.15, 0.2) is 53.6 Å². The van der Waals surface area contributed by atoms with Crippen LogP contribution in [-0.2, 0) is 0 Å². The summed E-state index contributed by atoms with van der Waals surface area (Å²) in [6.45, 7) is 5.37. The number of rotatable bonds is 9. The Hall–Kier alpha value is -2.82. The van der Waals surface area contributed by atoms with E-state index >= 15 is 0 Å². The molecule has 0 spiro atoms. The Morgan fingerprint density at radius 3 is 2.48 bits per heavy atom. The minimum absolute atomic E-state index is 0.254. The maximum Gasteiger partial charge on any atom is 0.271 e. The van der Waals surface area contributed by atoms with E-state index in [1.807, 2.05) is 43.3 Å². The minimum atomic E-state index is -0.254. The summed E-state index contributed by atoms with van der Waals surface area (Å²) < 4.78 is 11.4. The second kappa shape index (κ2) is 10.1. The van der Waals surface area contributed by atoms with Crippen molar-refractivity contribution in [3.8, 4) is 11.5 Å². The zero-order valence-electron chi connectivity index (χ0n) is 14.7. The summed E-state index contributed by atoms with van der Waals surface area (Å²) in [6.07, 6.45) is 3.43. The first-order valence-electron chi connectivity index (χ1n) is 8.52. The molecule has 0 bridgehead atoms. The van der Waals surface area contributed by atoms with Crippen LogP contribution in [-0.4, -0.2) is 25.3 Å². The van der Waals surface area contributed by atoms with E-state index in [1.165, 1.54) is 0 Å². The molecule has 0 radical (unpaired) electrons. The lowest BCUT2D eigenvalue weighted by Crippen LogP contribution is -2.17. The van der Waals surface area contributed by atoms with Crippen LogP contribution >= 0.6 is 0 Å². The Kier molecular flexibility index (Phi) is 7.50. The zero-order chi connectivity index (χ0) is 17.9. The molecule has 25 heavy (non-hydrogen) atoms. The van der Waals surface area contributed by atoms with Crippen LogP contribution in [0.3, 0.4) is 0 Å². The van der Waals surface area contributed by atoms with E-state index in [4.69, 9.17) is 9.47 Å². The maximum absolute atomic E-state index is 12.0. The number of carbonyl (C=O) groups excluding carboxylic acids is 1. The highest BCUT2D eigenvalue weighted by Gasteiger charge is 2.06. The first-order chi connectivity index (χ1) is 12.2. The second-order valence-electron chi connectivity index (χ2n) is 5.46. The molecule has 1 N–H and O–H groups in total. The van der Waals surface area contributed by atoms with Gasteiger partial charge in [0.25, 0.3) is 5.91 Å². The lowest BCUT2D eigenvalue weighted by molar-refractivity contribution is 0.0955. The van der Waals surface area contributed by atoms with Crippen molar-refractivity contribution in [3.05, 3.63) is 59.7 Å². The predicted octanol–water partition coefficient (Wildman–Crippen LogP) is 4.03. The number of hydrogen-bond donors (Lipinski definition) is 1. The Balaban J connectivity index is 2.07. The molecule has 0 aliphatic heterocycles. The molecule has 0 aromatic heterocycles. The van der Waals surface area contributed by atoms with Gasteiger partial charge in [-0.25, -0.2) is 5.43 Å². The standard InChI is InChI=1S/C20H24N2O3/c1-3-12-24-18-11-10-17(19(14-18)25-13-4-2)15-21-22-20(23)16-8-6-5-7-9-16/h5-11,14-15H,3-4,12-13H2,1-2H3,(H,22,23)/b21-15+. The molecule has 0 saturated carbocycles. The SMILES string of the molecule is CCCOc1ccc(/C=N/NC(=O)c2ccccc2)c(OCCC)c1. The van der Waals surface area contributed by atoms with Gasteiger partial charge in [-0.05, 0) is 37.1 Å². The number of nitrogens with zero attached hydrogens (tertiary/aromatic N) is 1. The molecule has 0 unspecified atom stereocenters. The fourth-order valence-corrected chi connectivity index (χ4v) is 2.08. The highest BCUT2D eigenvalue weighted by atomic mass is 16.5. The summed E-state index contributed by atoms with van der Waals surface area (Å²) in [5.74, 6) is 1.20. The first-order valence-corrected chi connectivity index (χ1v) is 8.52. The summed E-state index contributed by atoms with van der Waals surface area (Å²) in [5, 5.41) is 4.03. The van der Waals surface area contributed by atoms with Gasteiger partial charge in [0.2, 0.25) is 0 Å². The van der Waals surface area contributed by atoms with Crippen LogP contribution in [0.1, 0.15) is 42.6 Å². The molecule has 0 atom stereocenters. The highest BCUT2D eigenvalue weighted by Crippen LogP contribution is 2.24. The Labute approximate surface area is 148 Å². The number of carbonyl (C=O) groups is 1. The van der Waals surface area contributed by atoms with E-state index < -0.39 is 0 Å². The zero-order valence-corrected chi connectivity index (χ0v) is 14.7. The van der Waals surface area contributed by atoms with Gasteiger partial charge >= 0.3 is 0 Å². The van der Waals surface area contributed by atoms with Gasteiger partial charge in [-0.15, -0.1) is 0 Å². The van der Waals surface area contributed by atoms with Gasteiger partial charge in [0.15, 0.2) is 0 Å². The normalized spacial score (nSPS) is 10.6. The summed E-state index contributed by atoms with van der Waals surface area (Å²) in [6, 6.07) is 14.5. The van der Waals surface area contributed by atoms with Crippen molar-refractivity contribution >= 4 is 12.1 Å². The fourth-order valence-electron chi connectivity index (χ4n) is 2.08. The molecule has 5 heteroatoms. The molecular formula is C20H24N2O3. The van der Waals surface area contributed by atoms with Crippen LogP contribution in [0.5, 0.6) is 11.5 Å². The molecule has 1 amide bonds. The quantitative estimate of drug-likeness (QED) is 0.554. The van der Waals surface area contributed by atoms with Crippen LogP contribution in [0.2, 0.25) is 0 Å². The third-order valence-electron chi connectivity index (χ3n) is 3.33. The topological polar surface area (TPSA) is 59.9 Å². The Morgan fingerprint density at radius 2 is 1.76 bits per heavy atom. The summed E-state index contributed by atoms with van der Waals surface area (Å²) in [4.78, 5) is 12.0. The number of hydrogen-bond acceptors (Lipinski definition) is 4. The van der Waals surface area contributed by atoms with Gasteiger partial charge in [-0.1, -0.05) is 32.0 Å². The number of benzene rings is 2.